The van der Waals surface area contributed by atoms with Gasteiger partial charge in [-0.15, -0.1) is 10.2 Å². The molecule has 14 heteroatoms. The van der Waals surface area contributed by atoms with Gasteiger partial charge in [-0.25, -0.2) is 9.64 Å². The molecule has 0 unspecified atom stereocenters. The number of nitrogens with one attached hydrogen (secondary N) is 2. The second-order valence-electron chi connectivity index (χ2n) is 9.20. The average Bonchev–Trinajstić information content (AvgIpc) is 3.63. The molecule has 0 saturated carbocycles. The van der Waals surface area contributed by atoms with Crippen molar-refractivity contribution in [3.63, 3.8) is 0 Å². The van der Waals surface area contributed by atoms with Gasteiger partial charge in [0.25, 0.3) is 17.2 Å². The number of phenols is 1. The van der Waals surface area contributed by atoms with E-state index < -0.39 is 22.9 Å². The maximum absolute atomic E-state index is 13.1. The number of benzene rings is 3. The van der Waals surface area contributed by atoms with Crippen LogP contribution >= 0.6 is 0 Å². The number of amides is 1. The summed E-state index contributed by atoms with van der Waals surface area (Å²) in [5, 5.41) is 27.8. The van der Waals surface area contributed by atoms with Crippen LogP contribution in [0.25, 0.3) is 32.7 Å². The van der Waals surface area contributed by atoms with E-state index in [2.05, 4.69) is 35.5 Å². The Morgan fingerprint density at radius 3 is 2.55 bits per heavy atom. The first-order valence-electron chi connectivity index (χ1n) is 12.4. The molecule has 3 heterocycles. The summed E-state index contributed by atoms with van der Waals surface area (Å²) in [5.74, 6) is -1.02. The molecule has 42 heavy (non-hydrogen) atoms. The zero-order chi connectivity index (χ0) is 29.5. The maximum atomic E-state index is 13.1. The number of carbonyl (C=O) groups excluding carboxylic acids is 1. The molecule has 6 rings (SSSR count). The van der Waals surface area contributed by atoms with Gasteiger partial charge in [-0.05, 0) is 23.6 Å². The minimum atomic E-state index is -0.588. The Bertz CT molecular complexity index is 2230. The van der Waals surface area contributed by atoms with Crippen LogP contribution in [0, 0.1) is 6.57 Å². The average molecular weight is 561 g/mol. The van der Waals surface area contributed by atoms with Crippen LogP contribution < -0.4 is 16.6 Å². The summed E-state index contributed by atoms with van der Waals surface area (Å²) >= 11 is 0. The van der Waals surface area contributed by atoms with Crippen molar-refractivity contribution in [1.82, 2.24) is 28.9 Å². The number of rotatable bonds is 5. The van der Waals surface area contributed by atoms with Gasteiger partial charge in [0.2, 0.25) is 5.95 Å². The molecule has 14 nitrogen and oxygen atoms in total. The Labute approximate surface area is 235 Å². The van der Waals surface area contributed by atoms with Crippen LogP contribution in [0.1, 0.15) is 10.4 Å². The molecule has 0 spiro atoms. The molecule has 3 aromatic carbocycles. The van der Waals surface area contributed by atoms with Gasteiger partial charge in [-0.2, -0.15) is 14.8 Å². The number of H-pyrrole nitrogens is 1. The number of imidazole rings is 1. The SMILES string of the molecule is [C-]#[N+]c1cnn(-c2nc3c([nH]2)c(=O)n(C)c(=O)n3C)c1N=Nc1c(O)c(C(=O)Nc2ccccc2)cc2ccccc12. The predicted molar refractivity (Wildman–Crippen MR) is 154 cm³/mol. The van der Waals surface area contributed by atoms with Crippen molar-refractivity contribution in [2.24, 2.45) is 24.3 Å². The van der Waals surface area contributed by atoms with Gasteiger partial charge in [0.05, 0.1) is 18.3 Å². The first-order chi connectivity index (χ1) is 20.3. The van der Waals surface area contributed by atoms with E-state index in [9.17, 15) is 19.5 Å². The molecule has 0 fully saturated rings. The van der Waals surface area contributed by atoms with Gasteiger partial charge in [0.15, 0.2) is 22.7 Å². The largest absolute Gasteiger partial charge is 0.505 e. The van der Waals surface area contributed by atoms with Gasteiger partial charge in [-0.1, -0.05) is 42.5 Å². The quantitative estimate of drug-likeness (QED) is 0.211. The Morgan fingerprint density at radius 2 is 1.79 bits per heavy atom. The summed E-state index contributed by atoms with van der Waals surface area (Å²) in [7, 11) is 2.82. The Balaban J connectivity index is 1.48. The summed E-state index contributed by atoms with van der Waals surface area (Å²) < 4.78 is 3.30. The number of carbonyl (C=O) groups is 1. The number of azo groups is 1. The Kier molecular flexibility index (Phi) is 6.16. The van der Waals surface area contributed by atoms with Gasteiger partial charge >= 0.3 is 5.69 Å². The molecule has 6 aromatic rings. The molecule has 0 saturated heterocycles. The van der Waals surface area contributed by atoms with Crippen molar-refractivity contribution >= 4 is 50.7 Å². The number of aromatic nitrogens is 6. The van der Waals surface area contributed by atoms with E-state index in [1.807, 2.05) is 6.07 Å². The lowest BCUT2D eigenvalue weighted by molar-refractivity contribution is 0.102. The molecule has 1 amide bonds. The Morgan fingerprint density at radius 1 is 1.05 bits per heavy atom. The highest BCUT2D eigenvalue weighted by Crippen LogP contribution is 2.40. The molecule has 0 radical (unpaired) electrons. The Hall–Kier alpha value is -6.36. The van der Waals surface area contributed by atoms with Crippen LogP contribution in [0.3, 0.4) is 0 Å². The molecule has 3 N–H and O–H groups in total. The number of para-hydroxylation sites is 1. The molecular weight excluding hydrogens is 540 g/mol. The fourth-order valence-electron chi connectivity index (χ4n) is 4.48. The summed E-state index contributed by atoms with van der Waals surface area (Å²) in [6, 6.07) is 17.4. The predicted octanol–water partition coefficient (Wildman–Crippen LogP) is 4.22. The molecule has 0 aliphatic carbocycles. The van der Waals surface area contributed by atoms with Crippen molar-refractivity contribution in [3.05, 3.63) is 105 Å². The van der Waals surface area contributed by atoms with Gasteiger partial charge < -0.3 is 15.4 Å². The van der Waals surface area contributed by atoms with E-state index in [0.717, 1.165) is 9.25 Å². The summed E-state index contributed by atoms with van der Waals surface area (Å²) in [5.41, 5.74) is -0.499. The number of aryl methyl sites for hydroxylation is 1. The van der Waals surface area contributed by atoms with Crippen molar-refractivity contribution < 1.29 is 9.90 Å². The first kappa shape index (κ1) is 25.9. The van der Waals surface area contributed by atoms with Crippen LogP contribution in [0.4, 0.5) is 22.9 Å². The number of hydrogen-bond donors (Lipinski definition) is 3. The van der Waals surface area contributed by atoms with Crippen molar-refractivity contribution in [3.8, 4) is 11.7 Å². The van der Waals surface area contributed by atoms with E-state index >= 15 is 0 Å². The number of hydrogen-bond acceptors (Lipinski definition) is 8. The lowest BCUT2D eigenvalue weighted by Gasteiger charge is -2.11. The van der Waals surface area contributed by atoms with E-state index in [-0.39, 0.29) is 39.9 Å². The lowest BCUT2D eigenvalue weighted by atomic mass is 10.0. The highest BCUT2D eigenvalue weighted by Gasteiger charge is 2.21. The number of nitrogens with zero attached hydrogens (tertiary/aromatic N) is 8. The van der Waals surface area contributed by atoms with Gasteiger partial charge in [0, 0.05) is 25.2 Å². The minimum Gasteiger partial charge on any atom is -0.505 e. The molecule has 0 aliphatic rings. The number of anilines is 1. The molecular formula is C28H20N10O4. The zero-order valence-corrected chi connectivity index (χ0v) is 22.1. The first-order valence-corrected chi connectivity index (χ1v) is 12.4. The van der Waals surface area contributed by atoms with Crippen molar-refractivity contribution in [2.45, 2.75) is 0 Å². The third-order valence-electron chi connectivity index (χ3n) is 6.64. The maximum Gasteiger partial charge on any atom is 0.332 e. The highest BCUT2D eigenvalue weighted by molar-refractivity contribution is 6.11. The van der Waals surface area contributed by atoms with Crippen LogP contribution in [-0.2, 0) is 14.1 Å². The number of aromatic hydroxyl groups is 1. The van der Waals surface area contributed by atoms with Crippen LogP contribution in [0.15, 0.2) is 86.7 Å². The van der Waals surface area contributed by atoms with Crippen molar-refractivity contribution in [2.75, 3.05) is 5.32 Å². The van der Waals surface area contributed by atoms with Gasteiger partial charge in [0.1, 0.15) is 5.69 Å². The molecule has 206 valence electrons. The van der Waals surface area contributed by atoms with E-state index in [1.54, 1.807) is 54.6 Å². The molecule has 0 bridgehead atoms. The van der Waals surface area contributed by atoms with Crippen LogP contribution in [0.2, 0.25) is 0 Å². The number of fused-ring (bicyclic) bond motifs is 2. The van der Waals surface area contributed by atoms with E-state index in [0.29, 0.717) is 16.5 Å². The zero-order valence-electron chi connectivity index (χ0n) is 22.1. The highest BCUT2D eigenvalue weighted by atomic mass is 16.3. The van der Waals surface area contributed by atoms with Crippen LogP contribution in [-0.4, -0.2) is 39.9 Å². The third kappa shape index (κ3) is 4.18. The fraction of sp³-hybridized carbons (Fsp3) is 0.0714. The topological polar surface area (TPSA) is 169 Å². The third-order valence-corrected chi connectivity index (χ3v) is 6.64. The van der Waals surface area contributed by atoms with Crippen LogP contribution in [0.5, 0.6) is 5.75 Å². The second-order valence-corrected chi connectivity index (χ2v) is 9.20. The smallest absolute Gasteiger partial charge is 0.332 e. The van der Waals surface area contributed by atoms with E-state index in [1.165, 1.54) is 24.9 Å². The summed E-state index contributed by atoms with van der Waals surface area (Å²) in [6.45, 7) is 7.58. The standard InChI is InChI=1S/C28H20N10O4/c1-29-19-14-30-38(27-32-21-24(33-27)36(2)28(42)37(3)26(21)41)23(19)35-34-20-17-12-8-7-9-15(17)13-18(22(20)39)25(40)31-16-10-5-4-6-11-16/h4-14,39H,2-3H3,(H,31,40)(H,32,33). The monoisotopic (exact) mass is 560 g/mol. The summed E-state index contributed by atoms with van der Waals surface area (Å²) in [4.78, 5) is 48.8. The van der Waals surface area contributed by atoms with Crippen molar-refractivity contribution in [1.29, 1.82) is 0 Å². The summed E-state index contributed by atoms with van der Waals surface area (Å²) in [6.07, 6.45) is 1.24. The number of phenolic OH excluding ortho intramolecular Hbond substituents is 1. The molecule has 0 aliphatic heterocycles. The fourth-order valence-corrected chi connectivity index (χ4v) is 4.48. The minimum absolute atomic E-state index is 0.00256. The normalized spacial score (nSPS) is 11.4. The molecule has 0 atom stereocenters. The van der Waals surface area contributed by atoms with E-state index in [4.69, 9.17) is 6.57 Å². The second kappa shape index (κ2) is 9.99. The number of aromatic amines is 1. The van der Waals surface area contributed by atoms with Gasteiger partial charge in [-0.3, -0.25) is 18.7 Å². The molecule has 3 aromatic heterocycles. The lowest BCUT2D eigenvalue weighted by Crippen LogP contribution is -2.36.